The molecule has 1 aromatic rings. The Morgan fingerprint density at radius 1 is 1.22 bits per heavy atom. The average molecular weight is 334 g/mol. The molecule has 1 aromatic carbocycles. The van der Waals surface area contributed by atoms with E-state index in [4.69, 9.17) is 11.6 Å². The first kappa shape index (κ1) is 16.0. The summed E-state index contributed by atoms with van der Waals surface area (Å²) in [6, 6.07) is 6.45. The topological polar surface area (TPSA) is 24.1 Å². The molecular weight excluding hydrogens is 312 g/mol. The largest absolute Gasteiger partial charge is 0.315 e. The summed E-state index contributed by atoms with van der Waals surface area (Å²) in [5, 5.41) is 7.71. The average Bonchev–Trinajstić information content (AvgIpc) is 2.30. The summed E-state index contributed by atoms with van der Waals surface area (Å²) in [7, 11) is 0. The van der Waals surface area contributed by atoms with Crippen LogP contribution in [0.25, 0.3) is 0 Å². The Labute approximate surface area is 124 Å². The number of rotatable bonds is 7. The minimum Gasteiger partial charge on any atom is -0.315 e. The monoisotopic (exact) mass is 332 g/mol. The molecule has 2 N–H and O–H groups in total. The van der Waals surface area contributed by atoms with E-state index in [1.54, 1.807) is 0 Å². The molecule has 1 rings (SSSR count). The molecule has 0 aliphatic carbocycles. The van der Waals surface area contributed by atoms with Gasteiger partial charge in [0.1, 0.15) is 0 Å². The van der Waals surface area contributed by atoms with Crippen molar-refractivity contribution >= 4 is 27.5 Å². The van der Waals surface area contributed by atoms with Gasteiger partial charge in [-0.05, 0) is 46.9 Å². The highest BCUT2D eigenvalue weighted by Gasteiger charge is 2.06. The van der Waals surface area contributed by atoms with Crippen molar-refractivity contribution < 1.29 is 0 Å². The predicted octanol–water partition coefficient (Wildman–Crippen LogP) is 3.83. The minimum absolute atomic E-state index is 0.429. The second-order valence-electron chi connectivity index (χ2n) is 5.05. The quantitative estimate of drug-likeness (QED) is 0.792. The number of benzene rings is 1. The molecular formula is C14H22BrClN2. The van der Waals surface area contributed by atoms with Crippen LogP contribution in [0.15, 0.2) is 22.7 Å². The maximum atomic E-state index is 6.22. The Morgan fingerprint density at radius 2 is 1.94 bits per heavy atom. The van der Waals surface area contributed by atoms with E-state index in [1.807, 2.05) is 18.2 Å². The van der Waals surface area contributed by atoms with E-state index < -0.39 is 0 Å². The summed E-state index contributed by atoms with van der Waals surface area (Å²) < 4.78 is 0.953. The summed E-state index contributed by atoms with van der Waals surface area (Å²) in [6.07, 6.45) is 0. The summed E-state index contributed by atoms with van der Waals surface area (Å²) in [5.41, 5.74) is 1.13. The van der Waals surface area contributed by atoms with Crippen molar-refractivity contribution in [3.05, 3.63) is 33.3 Å². The van der Waals surface area contributed by atoms with E-state index in [0.717, 1.165) is 34.7 Å². The van der Waals surface area contributed by atoms with Crippen LogP contribution in [0.2, 0.25) is 5.02 Å². The molecule has 0 fully saturated rings. The normalized spacial score (nSPS) is 13.0. The Kier molecular flexibility index (Phi) is 7.23. The van der Waals surface area contributed by atoms with Gasteiger partial charge in [-0.2, -0.15) is 0 Å². The van der Waals surface area contributed by atoms with Gasteiger partial charge in [0.15, 0.2) is 0 Å². The molecule has 0 heterocycles. The van der Waals surface area contributed by atoms with Crippen LogP contribution in [0.1, 0.15) is 26.3 Å². The lowest BCUT2D eigenvalue weighted by Crippen LogP contribution is -2.37. The molecule has 1 unspecified atom stereocenters. The third-order valence-electron chi connectivity index (χ3n) is 2.68. The maximum Gasteiger partial charge on any atom is 0.0592 e. The fourth-order valence-corrected chi connectivity index (χ4v) is 2.23. The maximum absolute atomic E-state index is 6.22. The standard InChI is InChI=1S/C14H22BrClN2/c1-10(2)7-17-8-11(3)18-9-12-5-4-6-13(15)14(12)16/h4-6,10-11,17-18H,7-9H2,1-3H3. The summed E-state index contributed by atoms with van der Waals surface area (Å²) in [4.78, 5) is 0. The third-order valence-corrected chi connectivity index (χ3v) is 4.01. The zero-order valence-electron chi connectivity index (χ0n) is 11.3. The van der Waals surface area contributed by atoms with Crippen LogP contribution < -0.4 is 10.6 Å². The molecule has 0 saturated carbocycles. The Morgan fingerprint density at radius 3 is 2.61 bits per heavy atom. The zero-order chi connectivity index (χ0) is 13.5. The van der Waals surface area contributed by atoms with Crippen LogP contribution in [0.4, 0.5) is 0 Å². The zero-order valence-corrected chi connectivity index (χ0v) is 13.6. The van der Waals surface area contributed by atoms with Gasteiger partial charge >= 0.3 is 0 Å². The van der Waals surface area contributed by atoms with Gasteiger partial charge in [0.2, 0.25) is 0 Å². The summed E-state index contributed by atoms with van der Waals surface area (Å²) in [6.45, 7) is 9.44. The first-order valence-electron chi connectivity index (χ1n) is 6.37. The van der Waals surface area contributed by atoms with E-state index in [2.05, 4.69) is 47.3 Å². The highest BCUT2D eigenvalue weighted by molar-refractivity contribution is 9.10. The van der Waals surface area contributed by atoms with Crippen LogP contribution in [-0.2, 0) is 6.54 Å². The molecule has 0 aliphatic rings. The van der Waals surface area contributed by atoms with Crippen molar-refractivity contribution in [1.29, 1.82) is 0 Å². The molecule has 0 amide bonds. The van der Waals surface area contributed by atoms with E-state index in [-0.39, 0.29) is 0 Å². The lowest BCUT2D eigenvalue weighted by molar-refractivity contribution is 0.472. The van der Waals surface area contributed by atoms with Crippen LogP contribution in [0, 0.1) is 5.92 Å². The molecule has 4 heteroatoms. The van der Waals surface area contributed by atoms with Gasteiger partial charge in [-0.3, -0.25) is 0 Å². The van der Waals surface area contributed by atoms with E-state index >= 15 is 0 Å². The van der Waals surface area contributed by atoms with Crippen molar-refractivity contribution in [3.63, 3.8) is 0 Å². The Hall–Kier alpha value is -0.0900. The summed E-state index contributed by atoms with van der Waals surface area (Å²) >= 11 is 9.66. The molecule has 0 aliphatic heterocycles. The molecule has 0 saturated heterocycles. The second-order valence-corrected chi connectivity index (χ2v) is 6.28. The van der Waals surface area contributed by atoms with Gasteiger partial charge in [-0.25, -0.2) is 0 Å². The highest BCUT2D eigenvalue weighted by atomic mass is 79.9. The van der Waals surface area contributed by atoms with Crippen molar-refractivity contribution in [1.82, 2.24) is 10.6 Å². The second kappa shape index (κ2) is 8.16. The Bertz CT molecular complexity index is 369. The minimum atomic E-state index is 0.429. The molecule has 18 heavy (non-hydrogen) atoms. The number of halogens is 2. The fourth-order valence-electron chi connectivity index (χ4n) is 1.63. The van der Waals surface area contributed by atoms with Gasteiger partial charge in [-0.1, -0.05) is 37.6 Å². The van der Waals surface area contributed by atoms with E-state index in [9.17, 15) is 0 Å². The smallest absolute Gasteiger partial charge is 0.0592 e. The number of hydrogen-bond donors (Lipinski definition) is 2. The summed E-state index contributed by atoms with van der Waals surface area (Å²) in [5.74, 6) is 0.691. The van der Waals surface area contributed by atoms with Crippen LogP contribution >= 0.6 is 27.5 Å². The SMILES string of the molecule is CC(C)CNCC(C)NCc1cccc(Br)c1Cl. The molecule has 0 bridgehead atoms. The molecule has 0 radical (unpaired) electrons. The van der Waals surface area contributed by atoms with Gasteiger partial charge in [0.25, 0.3) is 0 Å². The van der Waals surface area contributed by atoms with Gasteiger partial charge in [0, 0.05) is 23.6 Å². The molecule has 1 atom stereocenters. The van der Waals surface area contributed by atoms with Crippen molar-refractivity contribution in [2.24, 2.45) is 5.92 Å². The van der Waals surface area contributed by atoms with Crippen LogP contribution in [0.5, 0.6) is 0 Å². The van der Waals surface area contributed by atoms with Crippen LogP contribution in [0.3, 0.4) is 0 Å². The lowest BCUT2D eigenvalue weighted by Gasteiger charge is -2.16. The highest BCUT2D eigenvalue weighted by Crippen LogP contribution is 2.25. The number of nitrogens with one attached hydrogen (secondary N) is 2. The third kappa shape index (κ3) is 5.70. The number of hydrogen-bond acceptors (Lipinski definition) is 2. The van der Waals surface area contributed by atoms with Crippen molar-refractivity contribution in [2.75, 3.05) is 13.1 Å². The predicted molar refractivity (Wildman–Crippen MR) is 83.2 cm³/mol. The van der Waals surface area contributed by atoms with Crippen molar-refractivity contribution in [3.8, 4) is 0 Å². The molecule has 0 aromatic heterocycles. The van der Waals surface area contributed by atoms with E-state index in [0.29, 0.717) is 12.0 Å². The van der Waals surface area contributed by atoms with E-state index in [1.165, 1.54) is 0 Å². The molecule has 0 spiro atoms. The van der Waals surface area contributed by atoms with Gasteiger partial charge < -0.3 is 10.6 Å². The van der Waals surface area contributed by atoms with Crippen LogP contribution in [-0.4, -0.2) is 19.1 Å². The first-order chi connectivity index (χ1) is 8.50. The Balaban J connectivity index is 2.33. The van der Waals surface area contributed by atoms with Gasteiger partial charge in [0.05, 0.1) is 5.02 Å². The fraction of sp³-hybridized carbons (Fsp3) is 0.571. The first-order valence-corrected chi connectivity index (χ1v) is 7.54. The lowest BCUT2D eigenvalue weighted by atomic mass is 10.2. The van der Waals surface area contributed by atoms with Gasteiger partial charge in [-0.15, -0.1) is 0 Å². The molecule has 2 nitrogen and oxygen atoms in total. The molecule has 102 valence electrons. The van der Waals surface area contributed by atoms with Crippen molar-refractivity contribution in [2.45, 2.75) is 33.4 Å².